The molecule has 202 valence electrons. The van der Waals surface area contributed by atoms with E-state index in [1.54, 1.807) is 0 Å². The Labute approximate surface area is 215 Å². The van der Waals surface area contributed by atoms with Gasteiger partial charge in [0.2, 0.25) is 0 Å². The molecule has 0 unspecified atom stereocenters. The molecule has 0 amide bonds. The largest absolute Gasteiger partial charge is 0.463 e. The van der Waals surface area contributed by atoms with Gasteiger partial charge in [0.05, 0.1) is 6.61 Å². The van der Waals surface area contributed by atoms with Crippen molar-refractivity contribution in [1.82, 2.24) is 0 Å². The van der Waals surface area contributed by atoms with Crippen molar-refractivity contribution in [2.45, 2.75) is 180 Å². The third kappa shape index (κ3) is 29.2. The molecule has 2 nitrogen and oxygen atoms in total. The van der Waals surface area contributed by atoms with Crippen LogP contribution < -0.4 is 0 Å². The van der Waals surface area contributed by atoms with Gasteiger partial charge < -0.3 is 4.74 Å². The first-order valence-electron chi connectivity index (χ1n) is 15.6. The van der Waals surface area contributed by atoms with Crippen LogP contribution in [0.5, 0.6) is 0 Å². The quantitative estimate of drug-likeness (QED) is 0.0607. The molecule has 2 heteroatoms. The summed E-state index contributed by atoms with van der Waals surface area (Å²) in [6.07, 6.45) is 39.3. The van der Waals surface area contributed by atoms with Gasteiger partial charge in [-0.2, -0.15) is 0 Å². The van der Waals surface area contributed by atoms with E-state index in [0.29, 0.717) is 6.61 Å². The molecule has 0 aromatic heterocycles. The maximum Gasteiger partial charge on any atom is 0.330 e. The summed E-state index contributed by atoms with van der Waals surface area (Å²) in [5.74, 6) is -0.296. The first-order chi connectivity index (χ1) is 16.8. The summed E-state index contributed by atoms with van der Waals surface area (Å²) in [5, 5.41) is 0. The molecule has 0 bridgehead atoms. The molecule has 0 N–H and O–H groups in total. The van der Waals surface area contributed by atoms with E-state index in [1.807, 2.05) is 0 Å². The van der Waals surface area contributed by atoms with Gasteiger partial charge in [-0.1, -0.05) is 180 Å². The Morgan fingerprint density at radius 3 is 0.941 bits per heavy atom. The fraction of sp³-hybridized carbons (Fsp3) is 0.906. The maximum absolute atomic E-state index is 10.9. The molecule has 0 rings (SSSR count). The average molecular weight is 479 g/mol. The Morgan fingerprint density at radius 2 is 0.706 bits per heavy atom. The van der Waals surface area contributed by atoms with E-state index in [0.717, 1.165) is 6.42 Å². The predicted octanol–water partition coefficient (Wildman–Crippen LogP) is 11.3. The SMILES string of the molecule is C=CC(=O)OCCCCCCCCCCCCCCCCCCCCCCCCCCCCC. The van der Waals surface area contributed by atoms with Crippen LogP contribution in [0.2, 0.25) is 0 Å². The molecule has 0 spiro atoms. The lowest BCUT2D eigenvalue weighted by atomic mass is 10.0. The van der Waals surface area contributed by atoms with Crippen LogP contribution in [0.15, 0.2) is 12.7 Å². The lowest BCUT2D eigenvalue weighted by Crippen LogP contribution is -2.01. The van der Waals surface area contributed by atoms with Gasteiger partial charge in [-0.15, -0.1) is 0 Å². The average Bonchev–Trinajstić information content (AvgIpc) is 2.85. The first kappa shape index (κ1) is 33.2. The second kappa shape index (κ2) is 30.2. The molecular formula is C32H62O2. The summed E-state index contributed by atoms with van der Waals surface area (Å²) in [4.78, 5) is 10.9. The molecule has 0 aliphatic rings. The molecule has 0 aliphatic carbocycles. The van der Waals surface area contributed by atoms with Crippen molar-refractivity contribution in [3.05, 3.63) is 12.7 Å². The van der Waals surface area contributed by atoms with Gasteiger partial charge in [-0.25, -0.2) is 4.79 Å². The molecule has 0 aromatic carbocycles. The van der Waals surface area contributed by atoms with Crippen LogP contribution >= 0.6 is 0 Å². The summed E-state index contributed by atoms with van der Waals surface area (Å²) in [6, 6.07) is 0. The third-order valence-corrected chi connectivity index (χ3v) is 7.16. The van der Waals surface area contributed by atoms with Gasteiger partial charge in [-0.3, -0.25) is 0 Å². The standard InChI is InChI=1S/C32H62O2/c1-3-5-6-7-8-9-10-11-12-13-14-15-16-17-18-19-20-21-22-23-24-25-26-27-28-29-30-31-34-32(33)4-2/h4H,2-3,5-31H2,1H3. The smallest absolute Gasteiger partial charge is 0.330 e. The Kier molecular flexibility index (Phi) is 29.5. The summed E-state index contributed by atoms with van der Waals surface area (Å²) >= 11 is 0. The van der Waals surface area contributed by atoms with Crippen LogP contribution in [0.4, 0.5) is 0 Å². The van der Waals surface area contributed by atoms with Crippen molar-refractivity contribution in [3.8, 4) is 0 Å². The number of unbranched alkanes of at least 4 members (excludes halogenated alkanes) is 26. The minimum Gasteiger partial charge on any atom is -0.463 e. The van der Waals surface area contributed by atoms with Gasteiger partial charge in [-0.05, 0) is 6.42 Å². The minimum atomic E-state index is -0.296. The molecule has 0 radical (unpaired) electrons. The number of rotatable bonds is 29. The number of carbonyl (C=O) groups excluding carboxylic acids is 1. The summed E-state index contributed by atoms with van der Waals surface area (Å²) in [7, 11) is 0. The van der Waals surface area contributed by atoms with E-state index in [4.69, 9.17) is 4.74 Å². The highest BCUT2D eigenvalue weighted by Gasteiger charge is 1.97. The van der Waals surface area contributed by atoms with Crippen molar-refractivity contribution in [3.63, 3.8) is 0 Å². The highest BCUT2D eigenvalue weighted by Crippen LogP contribution is 2.16. The van der Waals surface area contributed by atoms with Gasteiger partial charge in [0, 0.05) is 6.08 Å². The molecule has 0 aliphatic heterocycles. The molecule has 0 heterocycles. The number of hydrogen-bond donors (Lipinski definition) is 0. The monoisotopic (exact) mass is 478 g/mol. The molecule has 0 atom stereocenters. The van der Waals surface area contributed by atoms with Crippen LogP contribution in [-0.4, -0.2) is 12.6 Å². The van der Waals surface area contributed by atoms with Crippen LogP contribution in [0.3, 0.4) is 0 Å². The van der Waals surface area contributed by atoms with Crippen molar-refractivity contribution in [2.75, 3.05) is 6.61 Å². The lowest BCUT2D eigenvalue weighted by molar-refractivity contribution is -0.137. The lowest BCUT2D eigenvalue weighted by Gasteiger charge is -2.04. The first-order valence-corrected chi connectivity index (χ1v) is 15.6. The fourth-order valence-electron chi connectivity index (χ4n) is 4.83. The Bertz CT molecular complexity index is 404. The van der Waals surface area contributed by atoms with Crippen LogP contribution in [0.25, 0.3) is 0 Å². The number of esters is 1. The number of ether oxygens (including phenoxy) is 1. The fourth-order valence-corrected chi connectivity index (χ4v) is 4.83. The molecule has 0 saturated heterocycles. The number of carbonyl (C=O) groups is 1. The van der Waals surface area contributed by atoms with E-state index in [1.165, 1.54) is 173 Å². The zero-order valence-corrected chi connectivity index (χ0v) is 23.4. The third-order valence-electron chi connectivity index (χ3n) is 7.16. The van der Waals surface area contributed by atoms with Gasteiger partial charge in [0.25, 0.3) is 0 Å². The Morgan fingerprint density at radius 1 is 0.471 bits per heavy atom. The second-order valence-electron chi connectivity index (χ2n) is 10.6. The highest BCUT2D eigenvalue weighted by molar-refractivity contribution is 5.81. The normalized spacial score (nSPS) is 11.1. The van der Waals surface area contributed by atoms with Crippen molar-refractivity contribution < 1.29 is 9.53 Å². The van der Waals surface area contributed by atoms with Gasteiger partial charge >= 0.3 is 5.97 Å². The summed E-state index contributed by atoms with van der Waals surface area (Å²) < 4.78 is 4.99. The molecule has 34 heavy (non-hydrogen) atoms. The maximum atomic E-state index is 10.9. The zero-order valence-electron chi connectivity index (χ0n) is 23.4. The van der Waals surface area contributed by atoms with Crippen molar-refractivity contribution in [2.24, 2.45) is 0 Å². The van der Waals surface area contributed by atoms with E-state index in [2.05, 4.69) is 13.5 Å². The number of hydrogen-bond acceptors (Lipinski definition) is 2. The van der Waals surface area contributed by atoms with E-state index < -0.39 is 0 Å². The van der Waals surface area contributed by atoms with E-state index >= 15 is 0 Å². The molecule has 0 saturated carbocycles. The molecule has 0 fully saturated rings. The predicted molar refractivity (Wildman–Crippen MR) is 151 cm³/mol. The van der Waals surface area contributed by atoms with Gasteiger partial charge in [0.15, 0.2) is 0 Å². The van der Waals surface area contributed by atoms with Gasteiger partial charge in [0.1, 0.15) is 0 Å². The molecular weight excluding hydrogens is 416 g/mol. The molecule has 0 aromatic rings. The summed E-state index contributed by atoms with van der Waals surface area (Å²) in [5.41, 5.74) is 0. The summed E-state index contributed by atoms with van der Waals surface area (Å²) in [6.45, 7) is 6.25. The topological polar surface area (TPSA) is 26.3 Å². The minimum absolute atomic E-state index is 0.296. The van der Waals surface area contributed by atoms with Crippen LogP contribution in [0.1, 0.15) is 180 Å². The Balaban J connectivity index is 3.03. The van der Waals surface area contributed by atoms with Crippen molar-refractivity contribution in [1.29, 1.82) is 0 Å². The zero-order chi connectivity index (χ0) is 24.8. The van der Waals surface area contributed by atoms with E-state index in [-0.39, 0.29) is 5.97 Å². The van der Waals surface area contributed by atoms with Crippen molar-refractivity contribution >= 4 is 5.97 Å². The Hall–Kier alpha value is -0.790. The van der Waals surface area contributed by atoms with Crippen LogP contribution in [0, 0.1) is 0 Å². The van der Waals surface area contributed by atoms with Crippen LogP contribution in [-0.2, 0) is 9.53 Å². The second-order valence-corrected chi connectivity index (χ2v) is 10.6. The highest BCUT2D eigenvalue weighted by atomic mass is 16.5. The van der Waals surface area contributed by atoms with E-state index in [9.17, 15) is 4.79 Å².